The van der Waals surface area contributed by atoms with E-state index in [1.165, 1.54) is 5.69 Å². The number of para-hydroxylation sites is 1. The number of hydrogen-bond donors (Lipinski definition) is 1. The van der Waals surface area contributed by atoms with E-state index in [0.29, 0.717) is 0 Å². The van der Waals surface area contributed by atoms with Crippen molar-refractivity contribution >= 4 is 13.5 Å². The van der Waals surface area contributed by atoms with Gasteiger partial charge in [-0.1, -0.05) is 18.2 Å². The molecule has 0 radical (unpaired) electrons. The molecule has 1 aromatic rings. The van der Waals surface area contributed by atoms with Crippen LogP contribution in [0.25, 0.3) is 0 Å². The number of nitrogens with two attached hydrogens (primary N) is 1. The van der Waals surface area contributed by atoms with Gasteiger partial charge >= 0.3 is 0 Å². The molecule has 0 aromatic heterocycles. The van der Waals surface area contributed by atoms with Gasteiger partial charge in [-0.3, -0.25) is 0 Å². The molecule has 0 aliphatic heterocycles. The molecule has 1 aromatic carbocycles. The first-order chi connectivity index (χ1) is 6.43. The standard InChI is InChI=1S/C8H11N.H3O4P/c1-2-9-8-6-4-3-5-7-8;1-5(2,3)4/h3-7,9H,2H2,1H3;(H3,1,2,3,4)/p-2. The maximum absolute atomic E-state index is 8.55. The summed E-state index contributed by atoms with van der Waals surface area (Å²) in [4.78, 5) is 25.6. The lowest BCUT2D eigenvalue weighted by atomic mass is 10.3. The van der Waals surface area contributed by atoms with Crippen molar-refractivity contribution in [3.05, 3.63) is 30.3 Å². The predicted molar refractivity (Wildman–Crippen MR) is 46.2 cm³/mol. The smallest absolute Gasteiger partial charge is 0.129 e. The van der Waals surface area contributed by atoms with Crippen molar-refractivity contribution in [3.8, 4) is 0 Å². The molecular formula is C8H12NO4P-2. The van der Waals surface area contributed by atoms with Gasteiger partial charge in [-0.05, 0) is 19.1 Å². The molecule has 1 rings (SSSR count). The van der Waals surface area contributed by atoms with Crippen LogP contribution < -0.4 is 20.0 Å². The normalized spacial score (nSPS) is 10.3. The fraction of sp³-hybridized carbons (Fsp3) is 0.250. The van der Waals surface area contributed by atoms with Crippen LogP contribution in [-0.4, -0.2) is 6.54 Å². The Morgan fingerprint density at radius 3 is 2.00 bits per heavy atom. The van der Waals surface area contributed by atoms with Crippen molar-refractivity contribution < 1.29 is 24.6 Å². The first-order valence-corrected chi connectivity index (χ1v) is 5.51. The van der Waals surface area contributed by atoms with E-state index in [9.17, 15) is 0 Å². The summed E-state index contributed by atoms with van der Waals surface area (Å²) in [5.74, 6) is 0. The molecular weight excluding hydrogens is 205 g/mol. The maximum Gasteiger partial charge on any atom is 0.129 e. The lowest BCUT2D eigenvalue weighted by Gasteiger charge is -2.36. The second-order valence-corrected chi connectivity index (χ2v) is 3.36. The molecule has 0 fully saturated rings. The average Bonchev–Trinajstić information content (AvgIpc) is 2.03. The monoisotopic (exact) mass is 217 g/mol. The van der Waals surface area contributed by atoms with Gasteiger partial charge in [0.25, 0.3) is 0 Å². The molecule has 0 aliphatic carbocycles. The van der Waals surface area contributed by atoms with Crippen LogP contribution >= 0.6 is 7.82 Å². The van der Waals surface area contributed by atoms with Gasteiger partial charge in [0.2, 0.25) is 0 Å². The van der Waals surface area contributed by atoms with Crippen molar-refractivity contribution in [3.63, 3.8) is 0 Å². The Bertz CT molecular complexity index is 276. The number of hydrogen-bond acceptors (Lipinski definition) is 4. The number of quaternary nitrogens is 1. The van der Waals surface area contributed by atoms with Crippen LogP contribution in [0.3, 0.4) is 0 Å². The molecule has 0 amide bonds. The molecule has 14 heavy (non-hydrogen) atoms. The topological polar surface area (TPSA) is 103 Å². The summed E-state index contributed by atoms with van der Waals surface area (Å²) in [5, 5.41) is 2.21. The van der Waals surface area contributed by atoms with Crippen molar-refractivity contribution in [2.45, 2.75) is 6.92 Å². The Hall–Kier alpha value is -0.710. The SMILES string of the molecule is CC[NH2+]c1ccccc1.O=P([O-])([O-])[O-]. The van der Waals surface area contributed by atoms with Crippen molar-refractivity contribution in [2.75, 3.05) is 6.54 Å². The van der Waals surface area contributed by atoms with E-state index in [2.05, 4.69) is 36.5 Å². The Kier molecular flexibility index (Phi) is 6.36. The van der Waals surface area contributed by atoms with E-state index < -0.39 is 7.82 Å². The van der Waals surface area contributed by atoms with E-state index in [1.807, 2.05) is 6.07 Å². The van der Waals surface area contributed by atoms with E-state index in [1.54, 1.807) is 0 Å². The summed E-state index contributed by atoms with van der Waals surface area (Å²) in [5.41, 5.74) is 1.32. The number of benzene rings is 1. The number of phosphoric acid groups is 1. The molecule has 0 unspecified atom stereocenters. The fourth-order valence-corrected chi connectivity index (χ4v) is 0.825. The van der Waals surface area contributed by atoms with Gasteiger partial charge < -0.3 is 24.6 Å². The maximum atomic E-state index is 8.55. The van der Waals surface area contributed by atoms with E-state index in [0.717, 1.165) is 6.54 Å². The third kappa shape index (κ3) is 11.3. The molecule has 0 heterocycles. The minimum atomic E-state index is -5.39. The summed E-state index contributed by atoms with van der Waals surface area (Å²) < 4.78 is 8.55. The first-order valence-electron chi connectivity index (χ1n) is 4.05. The highest BCUT2D eigenvalue weighted by Gasteiger charge is 1.87. The Labute approximate surface area is 82.6 Å². The summed E-state index contributed by atoms with van der Waals surface area (Å²) in [6.45, 7) is 3.26. The number of rotatable bonds is 2. The van der Waals surface area contributed by atoms with Crippen LogP contribution in [0.2, 0.25) is 0 Å². The molecule has 6 heteroatoms. The van der Waals surface area contributed by atoms with Gasteiger partial charge in [0.1, 0.15) is 5.69 Å². The molecule has 5 nitrogen and oxygen atoms in total. The zero-order chi connectivity index (χ0) is 11.0. The third-order valence-electron chi connectivity index (χ3n) is 1.24. The third-order valence-corrected chi connectivity index (χ3v) is 1.24. The Balaban J connectivity index is 0.000000292. The van der Waals surface area contributed by atoms with E-state index >= 15 is 0 Å². The lowest BCUT2D eigenvalue weighted by Crippen LogP contribution is -2.77. The summed E-state index contributed by atoms with van der Waals surface area (Å²) >= 11 is 0. The largest absolute Gasteiger partial charge is 0.822 e. The van der Waals surface area contributed by atoms with Crippen LogP contribution in [0.4, 0.5) is 5.69 Å². The van der Waals surface area contributed by atoms with Crippen LogP contribution in [0, 0.1) is 0 Å². The van der Waals surface area contributed by atoms with Gasteiger partial charge in [-0.25, -0.2) is 0 Å². The van der Waals surface area contributed by atoms with Crippen LogP contribution in [0.15, 0.2) is 30.3 Å². The zero-order valence-corrected chi connectivity index (χ0v) is 8.65. The second kappa shape index (κ2) is 6.70. The molecule has 80 valence electrons. The molecule has 0 atom stereocenters. The van der Waals surface area contributed by atoms with Crippen molar-refractivity contribution in [1.82, 2.24) is 0 Å². The fourth-order valence-electron chi connectivity index (χ4n) is 0.825. The summed E-state index contributed by atoms with van der Waals surface area (Å²) in [6.07, 6.45) is 0. The molecule has 0 aliphatic rings. The minimum absolute atomic E-state index is 1.12. The molecule has 0 bridgehead atoms. The Morgan fingerprint density at radius 1 is 1.21 bits per heavy atom. The van der Waals surface area contributed by atoms with Crippen LogP contribution in [0.1, 0.15) is 6.92 Å². The van der Waals surface area contributed by atoms with Gasteiger partial charge in [-0.2, -0.15) is 7.82 Å². The molecule has 0 saturated heterocycles. The van der Waals surface area contributed by atoms with Crippen LogP contribution in [-0.2, 0) is 4.57 Å². The first kappa shape index (κ1) is 13.3. The van der Waals surface area contributed by atoms with E-state index in [-0.39, 0.29) is 0 Å². The minimum Gasteiger partial charge on any atom is -0.822 e. The van der Waals surface area contributed by atoms with E-state index in [4.69, 9.17) is 19.2 Å². The molecule has 0 saturated carbocycles. The predicted octanol–water partition coefficient (Wildman–Crippen LogP) is -1.92. The second-order valence-electron chi connectivity index (χ2n) is 2.47. The molecule has 2 N–H and O–H groups in total. The lowest BCUT2D eigenvalue weighted by molar-refractivity contribution is -0.567. The quantitative estimate of drug-likeness (QED) is 0.460. The summed E-state index contributed by atoms with van der Waals surface area (Å²) in [6, 6.07) is 10.4. The van der Waals surface area contributed by atoms with Gasteiger partial charge in [0.05, 0.1) is 6.54 Å². The highest BCUT2D eigenvalue weighted by atomic mass is 31.2. The van der Waals surface area contributed by atoms with Gasteiger partial charge in [-0.15, -0.1) is 0 Å². The molecule has 0 spiro atoms. The zero-order valence-electron chi connectivity index (χ0n) is 7.75. The van der Waals surface area contributed by atoms with Crippen LogP contribution in [0.5, 0.6) is 0 Å². The van der Waals surface area contributed by atoms with Gasteiger partial charge in [0.15, 0.2) is 0 Å². The van der Waals surface area contributed by atoms with Crippen molar-refractivity contribution in [1.29, 1.82) is 0 Å². The van der Waals surface area contributed by atoms with Gasteiger partial charge in [0, 0.05) is 0 Å². The highest BCUT2D eigenvalue weighted by Crippen LogP contribution is 2.03. The Morgan fingerprint density at radius 2 is 1.64 bits per heavy atom. The average molecular weight is 217 g/mol. The highest BCUT2D eigenvalue weighted by molar-refractivity contribution is 7.40. The summed E-state index contributed by atoms with van der Waals surface area (Å²) in [7, 11) is -5.39. The van der Waals surface area contributed by atoms with Crippen molar-refractivity contribution in [2.24, 2.45) is 0 Å².